The fourth-order valence-corrected chi connectivity index (χ4v) is 3.96. The number of anilines is 1. The molecule has 0 saturated carbocycles. The van der Waals surface area contributed by atoms with Crippen molar-refractivity contribution in [2.75, 3.05) is 16.8 Å². The lowest BCUT2D eigenvalue weighted by Gasteiger charge is -2.15. The molecular formula is C12H21N3O2S. The van der Waals surface area contributed by atoms with E-state index in [-0.39, 0.29) is 17.5 Å². The van der Waals surface area contributed by atoms with Crippen LogP contribution >= 0.6 is 0 Å². The summed E-state index contributed by atoms with van der Waals surface area (Å²) in [5.74, 6) is 1.84. The van der Waals surface area contributed by atoms with Crippen molar-refractivity contribution in [2.45, 2.75) is 39.8 Å². The Labute approximate surface area is 109 Å². The van der Waals surface area contributed by atoms with Gasteiger partial charge in [-0.05, 0) is 19.3 Å². The van der Waals surface area contributed by atoms with Gasteiger partial charge in [-0.1, -0.05) is 13.8 Å². The molecule has 6 heteroatoms. The summed E-state index contributed by atoms with van der Waals surface area (Å²) < 4.78 is 24.9. The van der Waals surface area contributed by atoms with Gasteiger partial charge in [0.15, 0.2) is 9.84 Å². The topological polar surface area (TPSA) is 64.0 Å². The predicted molar refractivity (Wildman–Crippen MR) is 72.5 cm³/mol. The molecule has 1 aromatic rings. The molecule has 1 fully saturated rings. The average molecular weight is 271 g/mol. The van der Waals surface area contributed by atoms with Crippen molar-refractivity contribution in [1.29, 1.82) is 0 Å². The minimum Gasteiger partial charge on any atom is -0.352 e. The number of nitrogens with one attached hydrogen (secondary N) is 1. The number of rotatable bonds is 4. The second kappa shape index (κ2) is 4.91. The molecule has 0 aromatic carbocycles. The Kier molecular flexibility index (Phi) is 3.66. The lowest BCUT2D eigenvalue weighted by molar-refractivity contribution is 0.524. The van der Waals surface area contributed by atoms with Crippen molar-refractivity contribution in [3.8, 4) is 0 Å². The van der Waals surface area contributed by atoms with E-state index in [0.717, 1.165) is 18.2 Å². The van der Waals surface area contributed by atoms with Crippen molar-refractivity contribution in [3.05, 3.63) is 11.9 Å². The maximum atomic E-state index is 11.4. The van der Waals surface area contributed by atoms with Crippen LogP contribution in [0.2, 0.25) is 0 Å². The highest BCUT2D eigenvalue weighted by Gasteiger charge is 2.28. The van der Waals surface area contributed by atoms with Gasteiger partial charge in [0.25, 0.3) is 0 Å². The Morgan fingerprint density at radius 1 is 1.56 bits per heavy atom. The van der Waals surface area contributed by atoms with Crippen LogP contribution in [0.5, 0.6) is 0 Å². The summed E-state index contributed by atoms with van der Waals surface area (Å²) in [6.45, 7) is 7.15. The van der Waals surface area contributed by atoms with Gasteiger partial charge in [0.1, 0.15) is 0 Å². The maximum absolute atomic E-state index is 11.4. The maximum Gasteiger partial charge on any atom is 0.203 e. The van der Waals surface area contributed by atoms with Gasteiger partial charge in [0.2, 0.25) is 5.95 Å². The van der Waals surface area contributed by atoms with Crippen LogP contribution in [0.3, 0.4) is 0 Å². The van der Waals surface area contributed by atoms with E-state index < -0.39 is 9.84 Å². The Morgan fingerprint density at radius 3 is 2.83 bits per heavy atom. The number of imidazole rings is 1. The Hall–Kier alpha value is -1.04. The van der Waals surface area contributed by atoms with Gasteiger partial charge in [-0.2, -0.15) is 0 Å². The summed E-state index contributed by atoms with van der Waals surface area (Å²) >= 11 is 0. The van der Waals surface area contributed by atoms with Gasteiger partial charge in [-0.15, -0.1) is 0 Å². The van der Waals surface area contributed by atoms with Crippen molar-refractivity contribution < 1.29 is 8.42 Å². The molecule has 1 saturated heterocycles. The minimum atomic E-state index is -2.84. The largest absolute Gasteiger partial charge is 0.352 e. The zero-order chi connectivity index (χ0) is 13.3. The van der Waals surface area contributed by atoms with Gasteiger partial charge in [-0.3, -0.25) is 0 Å². The van der Waals surface area contributed by atoms with E-state index in [2.05, 4.69) is 28.7 Å². The monoisotopic (exact) mass is 271 g/mol. The molecule has 2 heterocycles. The van der Waals surface area contributed by atoms with E-state index in [1.807, 2.05) is 13.1 Å². The number of hydrogen-bond donors (Lipinski definition) is 1. The summed E-state index contributed by atoms with van der Waals surface area (Å²) in [6.07, 6.45) is 2.68. The number of sulfone groups is 1. The number of hydrogen-bond acceptors (Lipinski definition) is 4. The number of aryl methyl sites for hydroxylation is 1. The third-order valence-electron chi connectivity index (χ3n) is 3.02. The summed E-state index contributed by atoms with van der Waals surface area (Å²) in [5, 5.41) is 3.26. The smallest absolute Gasteiger partial charge is 0.203 e. The molecule has 1 unspecified atom stereocenters. The van der Waals surface area contributed by atoms with Crippen LogP contribution in [0.4, 0.5) is 5.95 Å². The third kappa shape index (κ3) is 3.25. The SMILES string of the molecule is Cc1cn(CC(C)C)c(NC2CCS(=O)(=O)C2)n1. The van der Waals surface area contributed by atoms with Crippen LogP contribution in [-0.4, -0.2) is 35.5 Å². The molecule has 2 rings (SSSR count). The molecule has 1 atom stereocenters. The quantitative estimate of drug-likeness (QED) is 0.900. The summed E-state index contributed by atoms with van der Waals surface area (Å²) in [5.41, 5.74) is 0.957. The summed E-state index contributed by atoms with van der Waals surface area (Å²) in [6, 6.07) is 0.00251. The standard InChI is InChI=1S/C12H21N3O2S/c1-9(2)6-15-7-10(3)13-12(15)14-11-4-5-18(16,17)8-11/h7,9,11H,4-6,8H2,1-3H3,(H,13,14). The van der Waals surface area contributed by atoms with Crippen LogP contribution in [0.1, 0.15) is 26.0 Å². The first-order valence-electron chi connectivity index (χ1n) is 6.36. The second-order valence-corrected chi connectivity index (χ2v) is 7.73. The molecule has 1 N–H and O–H groups in total. The lowest BCUT2D eigenvalue weighted by atomic mass is 10.2. The first-order valence-corrected chi connectivity index (χ1v) is 8.18. The first-order chi connectivity index (χ1) is 8.35. The molecule has 0 radical (unpaired) electrons. The molecule has 0 aliphatic carbocycles. The van der Waals surface area contributed by atoms with Crippen LogP contribution in [0, 0.1) is 12.8 Å². The highest BCUT2D eigenvalue weighted by atomic mass is 32.2. The Bertz CT molecular complexity index is 519. The van der Waals surface area contributed by atoms with Gasteiger partial charge >= 0.3 is 0 Å². The first kappa shape index (κ1) is 13.4. The molecule has 0 amide bonds. The Morgan fingerprint density at radius 2 is 2.28 bits per heavy atom. The van der Waals surface area contributed by atoms with Crippen molar-refractivity contribution in [3.63, 3.8) is 0 Å². The summed E-state index contributed by atoms with van der Waals surface area (Å²) in [7, 11) is -2.84. The predicted octanol–water partition coefficient (Wildman–Crippen LogP) is 1.45. The van der Waals surface area contributed by atoms with E-state index in [1.54, 1.807) is 0 Å². The van der Waals surface area contributed by atoms with Crippen molar-refractivity contribution in [2.24, 2.45) is 5.92 Å². The van der Waals surface area contributed by atoms with Crippen molar-refractivity contribution >= 4 is 15.8 Å². The second-order valence-electron chi connectivity index (χ2n) is 5.50. The van der Waals surface area contributed by atoms with E-state index in [4.69, 9.17) is 0 Å². The highest BCUT2D eigenvalue weighted by molar-refractivity contribution is 7.91. The average Bonchev–Trinajstić information content (AvgIpc) is 2.70. The van der Waals surface area contributed by atoms with E-state index in [9.17, 15) is 8.42 Å². The molecule has 18 heavy (non-hydrogen) atoms. The van der Waals surface area contributed by atoms with Crippen LogP contribution in [-0.2, 0) is 16.4 Å². The van der Waals surface area contributed by atoms with Crippen LogP contribution in [0.25, 0.3) is 0 Å². The fourth-order valence-electron chi connectivity index (χ4n) is 2.29. The molecule has 0 spiro atoms. The third-order valence-corrected chi connectivity index (χ3v) is 4.79. The fraction of sp³-hybridized carbons (Fsp3) is 0.750. The number of aromatic nitrogens is 2. The van der Waals surface area contributed by atoms with Crippen LogP contribution < -0.4 is 5.32 Å². The zero-order valence-corrected chi connectivity index (χ0v) is 12.0. The van der Waals surface area contributed by atoms with Crippen LogP contribution in [0.15, 0.2) is 6.20 Å². The van der Waals surface area contributed by atoms with Crippen molar-refractivity contribution in [1.82, 2.24) is 9.55 Å². The molecule has 0 bridgehead atoms. The molecule has 1 aromatic heterocycles. The van der Waals surface area contributed by atoms with Gasteiger partial charge in [0.05, 0.1) is 17.2 Å². The molecule has 1 aliphatic heterocycles. The molecule has 1 aliphatic rings. The lowest BCUT2D eigenvalue weighted by Crippen LogP contribution is -2.23. The summed E-state index contributed by atoms with van der Waals surface area (Å²) in [4.78, 5) is 4.43. The van der Waals surface area contributed by atoms with Gasteiger partial charge in [0, 0.05) is 18.8 Å². The number of nitrogens with zero attached hydrogens (tertiary/aromatic N) is 2. The normalized spacial score (nSPS) is 22.6. The van der Waals surface area contributed by atoms with E-state index in [0.29, 0.717) is 12.3 Å². The molecular weight excluding hydrogens is 250 g/mol. The van der Waals surface area contributed by atoms with E-state index >= 15 is 0 Å². The van der Waals surface area contributed by atoms with E-state index in [1.165, 1.54) is 0 Å². The van der Waals surface area contributed by atoms with Gasteiger partial charge in [-0.25, -0.2) is 13.4 Å². The molecule has 5 nitrogen and oxygen atoms in total. The Balaban J connectivity index is 2.09. The molecule has 102 valence electrons. The van der Waals surface area contributed by atoms with Gasteiger partial charge < -0.3 is 9.88 Å². The highest BCUT2D eigenvalue weighted by Crippen LogP contribution is 2.18. The zero-order valence-electron chi connectivity index (χ0n) is 11.2. The minimum absolute atomic E-state index is 0.00251.